The Balaban J connectivity index is 1.48. The molecular weight excluding hydrogens is 333 g/mol. The Morgan fingerprint density at radius 3 is 2.35 bits per heavy atom. The second-order valence-electron chi connectivity index (χ2n) is 6.22. The van der Waals surface area contributed by atoms with Gasteiger partial charge in [0.05, 0.1) is 6.21 Å². The molecule has 134 valence electrons. The van der Waals surface area contributed by atoms with E-state index in [-0.39, 0.29) is 23.5 Å². The molecule has 6 heteroatoms. The van der Waals surface area contributed by atoms with Crippen molar-refractivity contribution in [2.24, 2.45) is 11.0 Å². The van der Waals surface area contributed by atoms with Gasteiger partial charge in [0.25, 0.3) is 5.91 Å². The van der Waals surface area contributed by atoms with Gasteiger partial charge in [-0.05, 0) is 42.7 Å². The van der Waals surface area contributed by atoms with Crippen molar-refractivity contribution >= 4 is 18.0 Å². The summed E-state index contributed by atoms with van der Waals surface area (Å²) in [5.41, 5.74) is 3.94. The van der Waals surface area contributed by atoms with E-state index in [0.29, 0.717) is 31.5 Å². The minimum absolute atomic E-state index is 0.133. The number of hydrazone groups is 1. The zero-order valence-corrected chi connectivity index (χ0v) is 14.3. The predicted octanol–water partition coefficient (Wildman–Crippen LogP) is 2.83. The first-order chi connectivity index (χ1) is 12.6. The number of nitrogens with one attached hydrogen (secondary N) is 1. The molecule has 1 aliphatic heterocycles. The van der Waals surface area contributed by atoms with Gasteiger partial charge in [-0.2, -0.15) is 5.10 Å². The van der Waals surface area contributed by atoms with E-state index in [1.807, 2.05) is 30.3 Å². The van der Waals surface area contributed by atoms with E-state index in [9.17, 15) is 14.0 Å². The fourth-order valence-electron chi connectivity index (χ4n) is 2.92. The van der Waals surface area contributed by atoms with Gasteiger partial charge in [0.15, 0.2) is 0 Å². The standard InChI is InChI=1S/C20H20FN3O2/c21-18-8-6-17(7-9-18)20(26)24-12-10-16(11-13-24)19(25)23-22-14-15-4-2-1-3-5-15/h1-9,14,16H,10-13H2,(H,23,25)/b22-14-. The van der Waals surface area contributed by atoms with E-state index in [1.54, 1.807) is 11.1 Å². The smallest absolute Gasteiger partial charge is 0.253 e. The van der Waals surface area contributed by atoms with Crippen molar-refractivity contribution in [2.45, 2.75) is 12.8 Å². The molecule has 0 spiro atoms. The van der Waals surface area contributed by atoms with Crippen LogP contribution in [0.15, 0.2) is 59.7 Å². The largest absolute Gasteiger partial charge is 0.339 e. The van der Waals surface area contributed by atoms with E-state index in [4.69, 9.17) is 0 Å². The summed E-state index contributed by atoms with van der Waals surface area (Å²) in [5.74, 6) is -0.801. The van der Waals surface area contributed by atoms with E-state index < -0.39 is 0 Å². The average molecular weight is 353 g/mol. The summed E-state index contributed by atoms with van der Waals surface area (Å²) in [7, 11) is 0. The number of piperidine rings is 1. The maximum Gasteiger partial charge on any atom is 0.253 e. The molecule has 0 saturated carbocycles. The molecule has 0 atom stereocenters. The highest BCUT2D eigenvalue weighted by atomic mass is 19.1. The van der Waals surface area contributed by atoms with Crippen molar-refractivity contribution in [1.29, 1.82) is 0 Å². The zero-order valence-electron chi connectivity index (χ0n) is 14.3. The van der Waals surface area contributed by atoms with Crippen LogP contribution < -0.4 is 5.43 Å². The third-order valence-electron chi connectivity index (χ3n) is 4.43. The SMILES string of the molecule is O=C(N/N=C\c1ccccc1)C1CCN(C(=O)c2ccc(F)cc2)CC1. The van der Waals surface area contributed by atoms with Crippen molar-refractivity contribution < 1.29 is 14.0 Å². The molecule has 1 fully saturated rings. The Morgan fingerprint density at radius 2 is 1.69 bits per heavy atom. The zero-order chi connectivity index (χ0) is 18.4. The van der Waals surface area contributed by atoms with Crippen LogP contribution in [0.1, 0.15) is 28.8 Å². The summed E-state index contributed by atoms with van der Waals surface area (Å²) in [5, 5.41) is 3.99. The first-order valence-corrected chi connectivity index (χ1v) is 8.56. The molecule has 0 aromatic heterocycles. The van der Waals surface area contributed by atoms with Crippen LogP contribution >= 0.6 is 0 Å². The molecule has 1 N–H and O–H groups in total. The molecule has 0 bridgehead atoms. The van der Waals surface area contributed by atoms with Gasteiger partial charge in [-0.25, -0.2) is 9.82 Å². The summed E-state index contributed by atoms with van der Waals surface area (Å²) in [4.78, 5) is 26.3. The highest BCUT2D eigenvalue weighted by Crippen LogP contribution is 2.19. The molecule has 5 nitrogen and oxygen atoms in total. The third-order valence-corrected chi connectivity index (χ3v) is 4.43. The number of halogens is 1. The van der Waals surface area contributed by atoms with Crippen LogP contribution in [0.4, 0.5) is 4.39 Å². The molecule has 0 unspecified atom stereocenters. The molecule has 3 rings (SSSR count). The minimum Gasteiger partial charge on any atom is -0.339 e. The lowest BCUT2D eigenvalue weighted by Gasteiger charge is -2.31. The summed E-state index contributed by atoms with van der Waals surface area (Å²) in [6.07, 6.45) is 2.77. The topological polar surface area (TPSA) is 61.8 Å². The number of carbonyl (C=O) groups excluding carboxylic acids is 2. The second kappa shape index (κ2) is 8.38. The van der Waals surface area contributed by atoms with Gasteiger partial charge in [0.1, 0.15) is 5.82 Å². The lowest BCUT2D eigenvalue weighted by atomic mass is 9.95. The van der Waals surface area contributed by atoms with Crippen molar-refractivity contribution in [2.75, 3.05) is 13.1 Å². The second-order valence-corrected chi connectivity index (χ2v) is 6.22. The minimum atomic E-state index is -0.368. The van der Waals surface area contributed by atoms with Gasteiger partial charge >= 0.3 is 0 Å². The maximum atomic E-state index is 13.0. The first-order valence-electron chi connectivity index (χ1n) is 8.56. The van der Waals surface area contributed by atoms with Gasteiger partial charge in [0.2, 0.25) is 5.91 Å². The number of hydrogen-bond acceptors (Lipinski definition) is 3. The molecule has 0 aliphatic carbocycles. The maximum absolute atomic E-state index is 13.0. The molecule has 1 heterocycles. The first kappa shape index (κ1) is 17.8. The molecule has 2 amide bonds. The van der Waals surface area contributed by atoms with Gasteiger partial charge in [0, 0.05) is 24.6 Å². The van der Waals surface area contributed by atoms with Gasteiger partial charge in [-0.15, -0.1) is 0 Å². The number of likely N-dealkylation sites (tertiary alicyclic amines) is 1. The highest BCUT2D eigenvalue weighted by molar-refractivity contribution is 5.94. The van der Waals surface area contributed by atoms with Crippen LogP contribution in [-0.2, 0) is 4.79 Å². The number of hydrogen-bond donors (Lipinski definition) is 1. The highest BCUT2D eigenvalue weighted by Gasteiger charge is 2.27. The Hall–Kier alpha value is -3.02. The van der Waals surface area contributed by atoms with Gasteiger partial charge < -0.3 is 4.90 Å². The number of rotatable bonds is 4. The number of amides is 2. The van der Waals surface area contributed by atoms with Gasteiger partial charge in [-0.3, -0.25) is 9.59 Å². The molecule has 2 aromatic carbocycles. The monoisotopic (exact) mass is 353 g/mol. The van der Waals surface area contributed by atoms with Crippen molar-refractivity contribution in [3.63, 3.8) is 0 Å². The van der Waals surface area contributed by atoms with E-state index >= 15 is 0 Å². The summed E-state index contributed by atoms with van der Waals surface area (Å²) < 4.78 is 13.0. The average Bonchev–Trinajstić information content (AvgIpc) is 2.69. The molecule has 1 saturated heterocycles. The third kappa shape index (κ3) is 4.53. The van der Waals surface area contributed by atoms with Crippen LogP contribution in [0.25, 0.3) is 0 Å². The quantitative estimate of drug-likeness (QED) is 0.679. The van der Waals surface area contributed by atoms with E-state index in [0.717, 1.165) is 5.56 Å². The fourth-order valence-corrected chi connectivity index (χ4v) is 2.92. The molecule has 2 aromatic rings. The molecule has 26 heavy (non-hydrogen) atoms. The Bertz CT molecular complexity index is 782. The van der Waals surface area contributed by atoms with Crippen molar-refractivity contribution in [3.8, 4) is 0 Å². The lowest BCUT2D eigenvalue weighted by Crippen LogP contribution is -2.42. The summed E-state index contributed by atoms with van der Waals surface area (Å²) in [6.45, 7) is 0.993. The van der Waals surface area contributed by atoms with Crippen LogP contribution in [0.5, 0.6) is 0 Å². The van der Waals surface area contributed by atoms with E-state index in [1.165, 1.54) is 24.3 Å². The molecular formula is C20H20FN3O2. The predicted molar refractivity (Wildman–Crippen MR) is 97.2 cm³/mol. The van der Waals surface area contributed by atoms with Crippen LogP contribution in [0.2, 0.25) is 0 Å². The van der Waals surface area contributed by atoms with Crippen molar-refractivity contribution in [1.82, 2.24) is 10.3 Å². The van der Waals surface area contributed by atoms with Crippen molar-refractivity contribution in [3.05, 3.63) is 71.5 Å². The Labute approximate surface area is 151 Å². The van der Waals surface area contributed by atoms with E-state index in [2.05, 4.69) is 10.5 Å². The van der Waals surface area contributed by atoms with Crippen LogP contribution in [0.3, 0.4) is 0 Å². The van der Waals surface area contributed by atoms with Gasteiger partial charge in [-0.1, -0.05) is 30.3 Å². The fraction of sp³-hybridized carbons (Fsp3) is 0.250. The Morgan fingerprint density at radius 1 is 1.04 bits per heavy atom. The lowest BCUT2D eigenvalue weighted by molar-refractivity contribution is -0.126. The molecule has 1 aliphatic rings. The number of benzene rings is 2. The molecule has 0 radical (unpaired) electrons. The summed E-state index contributed by atoms with van der Waals surface area (Å²) in [6, 6.07) is 15.0. The number of nitrogens with zero attached hydrogens (tertiary/aromatic N) is 2. The normalized spacial score (nSPS) is 15.2. The summed E-state index contributed by atoms with van der Waals surface area (Å²) >= 11 is 0. The number of carbonyl (C=O) groups is 2. The Kier molecular flexibility index (Phi) is 5.73. The van der Waals surface area contributed by atoms with Crippen LogP contribution in [0, 0.1) is 11.7 Å². The van der Waals surface area contributed by atoms with Crippen LogP contribution in [-0.4, -0.2) is 36.0 Å².